The van der Waals surface area contributed by atoms with Gasteiger partial charge in [-0.3, -0.25) is 38.4 Å². The third kappa shape index (κ3) is 13.9. The van der Waals surface area contributed by atoms with E-state index in [0.717, 1.165) is 49.7 Å². The van der Waals surface area contributed by atoms with E-state index in [1.165, 1.54) is 11.1 Å². The fourth-order valence-corrected chi connectivity index (χ4v) is 10.7. The Balaban J connectivity index is 0.879. The largest absolute Gasteiger partial charge is 0.352 e. The van der Waals surface area contributed by atoms with Crippen LogP contribution in [0.25, 0.3) is 0 Å². The minimum absolute atomic E-state index is 0.124. The van der Waals surface area contributed by atoms with Crippen LogP contribution < -0.4 is 42.5 Å². The van der Waals surface area contributed by atoms with E-state index < -0.39 is 36.3 Å². The van der Waals surface area contributed by atoms with Gasteiger partial charge in [-0.2, -0.15) is 0 Å². The van der Waals surface area contributed by atoms with Crippen LogP contribution in [0.2, 0.25) is 0 Å². The molecule has 2 heterocycles. The van der Waals surface area contributed by atoms with Crippen LogP contribution in [0, 0.1) is 0 Å². The molecule has 398 valence electrons. The Kier molecular flexibility index (Phi) is 19.7. The average molecular weight is 1020 g/mol. The Labute approximate surface area is 435 Å². The number of fused-ring (bicyclic) bond motifs is 2. The van der Waals surface area contributed by atoms with Crippen LogP contribution in [0.1, 0.15) is 146 Å². The highest BCUT2D eigenvalue weighted by Crippen LogP contribution is 2.32. The molecule has 2 saturated heterocycles. The van der Waals surface area contributed by atoms with Gasteiger partial charge < -0.3 is 52.3 Å². The van der Waals surface area contributed by atoms with Crippen molar-refractivity contribution in [3.8, 4) is 0 Å². The molecule has 0 spiro atoms. The minimum Gasteiger partial charge on any atom is -0.352 e. The minimum atomic E-state index is -0.912. The SMILES string of the molecule is CN[C@@H](C)C(=O)N[C@@H](CCCNC(=O)c1ccc(C(=O)NCCC[C@H](NC(=O)[C@@H](C)NC)C(=O)N2CCC[C@H]2C(=O)N[C@@H]2CCCc3ccccc32)cc1)C(=O)N1CCC[C@H]1C(=O)N[C@@H]1CCCc2ccccc21. The maximum Gasteiger partial charge on any atom is 0.251 e. The van der Waals surface area contributed by atoms with Crippen molar-refractivity contribution in [2.24, 2.45) is 0 Å². The standard InChI is InChI=1S/C56H76N10O8/c1-35(57-3)49(67)63-45(55(73)65-33-13-25-47(65)53(71)61-43-21-9-17-37-15-5-7-19-41(37)43)23-11-31-59-51(69)39-27-29-40(30-28-39)52(70)60-32-12-24-46(64-50(68)36(2)58-4)56(74)66-34-14-26-48(66)54(72)62-44-22-10-18-38-16-6-8-20-42(38)44/h5-8,15-16,19-20,27-30,35-36,43-48,57-58H,9-14,17-18,21-26,31-34H2,1-4H3,(H,59,69)(H,60,70)(H,61,71)(H,62,72)(H,63,67)(H,64,68)/t35-,36+,43-,44-,45+,46+,47+,48+/m1/s1. The molecule has 2 aliphatic carbocycles. The summed E-state index contributed by atoms with van der Waals surface area (Å²) in [5, 5.41) is 23.8. The molecule has 7 rings (SSSR count). The number of nitrogens with one attached hydrogen (secondary N) is 8. The molecule has 2 fully saturated rings. The highest BCUT2D eigenvalue weighted by atomic mass is 16.2. The summed E-state index contributed by atoms with van der Waals surface area (Å²) < 4.78 is 0. The van der Waals surface area contributed by atoms with E-state index >= 15 is 0 Å². The zero-order valence-corrected chi connectivity index (χ0v) is 43.4. The average Bonchev–Trinajstić information content (AvgIpc) is 4.13. The molecule has 18 heteroatoms. The van der Waals surface area contributed by atoms with Gasteiger partial charge in [0.1, 0.15) is 24.2 Å². The highest BCUT2D eigenvalue weighted by Gasteiger charge is 2.41. The predicted octanol–water partition coefficient (Wildman–Crippen LogP) is 3.26. The Morgan fingerprint density at radius 1 is 0.527 bits per heavy atom. The number of carbonyl (C=O) groups is 8. The van der Waals surface area contributed by atoms with Crippen molar-refractivity contribution >= 4 is 47.3 Å². The van der Waals surface area contributed by atoms with Crippen LogP contribution in [0.4, 0.5) is 0 Å². The lowest BCUT2D eigenvalue weighted by Gasteiger charge is -2.32. The molecule has 0 unspecified atom stereocenters. The summed E-state index contributed by atoms with van der Waals surface area (Å²) in [5.41, 5.74) is 5.32. The van der Waals surface area contributed by atoms with Crippen molar-refractivity contribution in [1.29, 1.82) is 0 Å². The van der Waals surface area contributed by atoms with E-state index in [1.807, 2.05) is 36.4 Å². The molecule has 74 heavy (non-hydrogen) atoms. The van der Waals surface area contributed by atoms with Crippen molar-refractivity contribution in [2.75, 3.05) is 40.3 Å². The number of aryl methyl sites for hydroxylation is 2. The third-order valence-corrected chi connectivity index (χ3v) is 15.3. The molecule has 8 N–H and O–H groups in total. The molecule has 4 aliphatic rings. The van der Waals surface area contributed by atoms with Crippen molar-refractivity contribution in [3.63, 3.8) is 0 Å². The van der Waals surface area contributed by atoms with Gasteiger partial charge in [-0.25, -0.2) is 0 Å². The van der Waals surface area contributed by atoms with E-state index in [4.69, 9.17) is 0 Å². The summed E-state index contributed by atoms with van der Waals surface area (Å²) in [6, 6.07) is 17.9. The third-order valence-electron chi connectivity index (χ3n) is 15.3. The molecule has 0 radical (unpaired) electrons. The molecular formula is C56H76N10O8. The van der Waals surface area contributed by atoms with Gasteiger partial charge in [0, 0.05) is 37.3 Å². The van der Waals surface area contributed by atoms with Gasteiger partial charge >= 0.3 is 0 Å². The first-order chi connectivity index (χ1) is 35.8. The second kappa shape index (κ2) is 26.5. The van der Waals surface area contributed by atoms with Crippen molar-refractivity contribution in [1.82, 2.24) is 52.3 Å². The van der Waals surface area contributed by atoms with Gasteiger partial charge in [0.25, 0.3) is 11.8 Å². The summed E-state index contributed by atoms with van der Waals surface area (Å²) in [5.74, 6) is -2.52. The van der Waals surface area contributed by atoms with Gasteiger partial charge in [-0.1, -0.05) is 48.5 Å². The quantitative estimate of drug-likeness (QED) is 0.0684. The van der Waals surface area contributed by atoms with Crippen LogP contribution in [-0.2, 0) is 41.6 Å². The molecule has 0 bridgehead atoms. The first kappa shape index (κ1) is 55.1. The van der Waals surface area contributed by atoms with Crippen LogP contribution in [-0.4, -0.2) is 134 Å². The summed E-state index contributed by atoms with van der Waals surface area (Å²) in [7, 11) is 3.31. The zero-order valence-electron chi connectivity index (χ0n) is 43.4. The van der Waals surface area contributed by atoms with Gasteiger partial charge in [0.15, 0.2) is 0 Å². The maximum absolute atomic E-state index is 14.2. The Hall–Kier alpha value is -6.66. The summed E-state index contributed by atoms with van der Waals surface area (Å²) >= 11 is 0. The van der Waals surface area contributed by atoms with Gasteiger partial charge in [0.2, 0.25) is 35.4 Å². The predicted molar refractivity (Wildman–Crippen MR) is 280 cm³/mol. The van der Waals surface area contributed by atoms with Crippen LogP contribution in [0.15, 0.2) is 72.8 Å². The number of hydrogen-bond donors (Lipinski definition) is 8. The topological polar surface area (TPSA) is 239 Å². The van der Waals surface area contributed by atoms with E-state index in [9.17, 15) is 38.4 Å². The lowest BCUT2D eigenvalue weighted by molar-refractivity contribution is -0.142. The molecule has 0 saturated carbocycles. The summed E-state index contributed by atoms with van der Waals surface area (Å²) in [4.78, 5) is 112. The second-order valence-electron chi connectivity index (χ2n) is 20.2. The molecule has 2 aliphatic heterocycles. The first-order valence-electron chi connectivity index (χ1n) is 26.8. The number of likely N-dealkylation sites (N-methyl/N-ethyl adjacent to an activating group) is 2. The Bertz CT molecular complexity index is 2320. The Morgan fingerprint density at radius 2 is 0.919 bits per heavy atom. The van der Waals surface area contributed by atoms with Crippen LogP contribution in [0.5, 0.6) is 0 Å². The fraction of sp³-hybridized carbons (Fsp3) is 0.536. The van der Waals surface area contributed by atoms with Crippen LogP contribution >= 0.6 is 0 Å². The molecule has 8 atom stereocenters. The Morgan fingerprint density at radius 3 is 1.31 bits per heavy atom. The fourth-order valence-electron chi connectivity index (χ4n) is 10.7. The van der Waals surface area contributed by atoms with Gasteiger partial charge in [-0.15, -0.1) is 0 Å². The van der Waals surface area contributed by atoms with Crippen LogP contribution in [0.3, 0.4) is 0 Å². The van der Waals surface area contributed by atoms with Gasteiger partial charge in [0.05, 0.1) is 24.2 Å². The molecule has 0 aromatic heterocycles. The number of nitrogens with zero attached hydrogens (tertiary/aromatic N) is 2. The van der Waals surface area contributed by atoms with E-state index in [1.54, 1.807) is 62.0 Å². The van der Waals surface area contributed by atoms with Crippen molar-refractivity contribution in [2.45, 2.75) is 152 Å². The monoisotopic (exact) mass is 1020 g/mol. The number of rotatable bonds is 22. The number of hydrogen-bond acceptors (Lipinski definition) is 10. The number of carbonyl (C=O) groups excluding carboxylic acids is 8. The second-order valence-corrected chi connectivity index (χ2v) is 20.2. The first-order valence-corrected chi connectivity index (χ1v) is 26.8. The lowest BCUT2D eigenvalue weighted by Crippen LogP contribution is -2.55. The molecule has 3 aromatic carbocycles. The smallest absolute Gasteiger partial charge is 0.251 e. The van der Waals surface area contributed by atoms with Crippen molar-refractivity contribution in [3.05, 3.63) is 106 Å². The van der Waals surface area contributed by atoms with E-state index in [0.29, 0.717) is 62.7 Å². The maximum atomic E-state index is 14.2. The summed E-state index contributed by atoms with van der Waals surface area (Å²) in [6.45, 7) is 4.58. The zero-order chi connectivity index (χ0) is 52.7. The molecule has 3 aromatic rings. The van der Waals surface area contributed by atoms with E-state index in [2.05, 4.69) is 54.7 Å². The lowest BCUT2D eigenvalue weighted by atomic mass is 9.87. The number of benzene rings is 3. The van der Waals surface area contributed by atoms with E-state index in [-0.39, 0.29) is 85.3 Å². The van der Waals surface area contributed by atoms with Gasteiger partial charge in [-0.05, 0) is 164 Å². The molecule has 8 amide bonds. The number of amides is 8. The molecular weight excluding hydrogens is 941 g/mol. The summed E-state index contributed by atoms with van der Waals surface area (Å²) in [6.07, 6.45) is 9.04. The molecule has 18 nitrogen and oxygen atoms in total. The highest BCUT2D eigenvalue weighted by molar-refractivity contribution is 5.98. The number of likely N-dealkylation sites (tertiary alicyclic amines) is 2. The van der Waals surface area contributed by atoms with Crippen molar-refractivity contribution < 1.29 is 38.4 Å². The normalized spacial score (nSPS) is 20.6.